The molecule has 1 aliphatic carbocycles. The van der Waals surface area contributed by atoms with Crippen molar-refractivity contribution in [2.24, 2.45) is 0 Å². The van der Waals surface area contributed by atoms with Crippen LogP contribution in [0.1, 0.15) is 24.8 Å². The number of aliphatic carboxylic acids is 1. The number of carboxylic acids is 1. The number of aromatic nitrogens is 2. The predicted molar refractivity (Wildman–Crippen MR) is 78.8 cm³/mol. The van der Waals surface area contributed by atoms with Crippen molar-refractivity contribution in [2.45, 2.75) is 37.4 Å². The molecule has 0 radical (unpaired) electrons. The molecule has 2 N–H and O–H groups in total. The van der Waals surface area contributed by atoms with Gasteiger partial charge in [-0.1, -0.05) is 30.3 Å². The highest BCUT2D eigenvalue weighted by Crippen LogP contribution is 2.32. The molecule has 0 spiro atoms. The van der Waals surface area contributed by atoms with E-state index >= 15 is 0 Å². The molecule has 21 heavy (non-hydrogen) atoms. The molecule has 1 aliphatic rings. The Morgan fingerprint density at radius 1 is 1.33 bits per heavy atom. The summed E-state index contributed by atoms with van der Waals surface area (Å²) in [6.45, 7) is 0.563. The van der Waals surface area contributed by atoms with Gasteiger partial charge in [0.05, 0.1) is 0 Å². The fourth-order valence-corrected chi connectivity index (χ4v) is 2.61. The van der Waals surface area contributed by atoms with Gasteiger partial charge in [-0.2, -0.15) is 5.10 Å². The van der Waals surface area contributed by atoms with Crippen molar-refractivity contribution in [2.75, 3.05) is 0 Å². The second-order valence-electron chi connectivity index (χ2n) is 5.51. The molecule has 0 bridgehead atoms. The summed E-state index contributed by atoms with van der Waals surface area (Å²) in [5.74, 6) is -0.826. The summed E-state index contributed by atoms with van der Waals surface area (Å²) < 4.78 is 1.77. The Hall–Kier alpha value is -2.14. The van der Waals surface area contributed by atoms with Crippen LogP contribution in [0.25, 0.3) is 0 Å². The zero-order valence-electron chi connectivity index (χ0n) is 11.8. The first-order valence-corrected chi connectivity index (χ1v) is 7.25. The van der Waals surface area contributed by atoms with Gasteiger partial charge in [-0.15, -0.1) is 0 Å². The van der Waals surface area contributed by atoms with Crippen LogP contribution >= 0.6 is 0 Å². The maximum atomic E-state index is 12.1. The summed E-state index contributed by atoms with van der Waals surface area (Å²) in [7, 11) is 0. The molecule has 1 saturated carbocycles. The molecule has 0 saturated heterocycles. The molecule has 0 aliphatic heterocycles. The Morgan fingerprint density at radius 3 is 2.67 bits per heavy atom. The average molecular weight is 285 g/mol. The third kappa shape index (κ3) is 2.97. The Morgan fingerprint density at radius 2 is 2.10 bits per heavy atom. The van der Waals surface area contributed by atoms with Crippen LogP contribution < -0.4 is 5.32 Å². The van der Waals surface area contributed by atoms with Gasteiger partial charge in [-0.05, 0) is 24.5 Å². The fraction of sp³-hybridized carbons (Fsp3) is 0.375. The Bertz CT molecular complexity index is 593. The third-order valence-corrected chi connectivity index (χ3v) is 3.93. The lowest BCUT2D eigenvalue weighted by molar-refractivity contribution is -0.146. The molecule has 1 aromatic heterocycles. The van der Waals surface area contributed by atoms with Crippen LogP contribution in [-0.4, -0.2) is 26.9 Å². The second kappa shape index (κ2) is 5.69. The zero-order chi connectivity index (χ0) is 14.7. The number of carboxylic acid groups (broad SMARTS) is 1. The van der Waals surface area contributed by atoms with Crippen molar-refractivity contribution in [1.82, 2.24) is 15.1 Å². The van der Waals surface area contributed by atoms with E-state index in [-0.39, 0.29) is 0 Å². The van der Waals surface area contributed by atoms with Crippen molar-refractivity contribution in [1.29, 1.82) is 0 Å². The number of hydrogen-bond acceptors (Lipinski definition) is 3. The van der Waals surface area contributed by atoms with Gasteiger partial charge in [0, 0.05) is 31.4 Å². The van der Waals surface area contributed by atoms with Gasteiger partial charge in [-0.3, -0.25) is 10.00 Å². The minimum atomic E-state index is -1.05. The summed E-state index contributed by atoms with van der Waals surface area (Å²) in [5, 5.41) is 17.4. The van der Waals surface area contributed by atoms with Crippen LogP contribution in [0.15, 0.2) is 48.8 Å². The van der Waals surface area contributed by atoms with Crippen LogP contribution in [0.4, 0.5) is 0 Å². The molecule has 1 heterocycles. The lowest BCUT2D eigenvalue weighted by Crippen LogP contribution is -2.51. The van der Waals surface area contributed by atoms with Crippen molar-refractivity contribution in [3.05, 3.63) is 54.4 Å². The van der Waals surface area contributed by atoms with Crippen LogP contribution in [0.5, 0.6) is 0 Å². The van der Waals surface area contributed by atoms with Gasteiger partial charge >= 0.3 is 5.97 Å². The maximum absolute atomic E-state index is 12.1. The van der Waals surface area contributed by atoms with E-state index in [1.165, 1.54) is 0 Å². The van der Waals surface area contributed by atoms with Gasteiger partial charge in [0.2, 0.25) is 0 Å². The fourth-order valence-electron chi connectivity index (χ4n) is 2.61. The minimum Gasteiger partial charge on any atom is -0.480 e. The molecule has 1 fully saturated rings. The van der Waals surface area contributed by atoms with E-state index in [1.54, 1.807) is 10.9 Å². The monoisotopic (exact) mass is 285 g/mol. The summed E-state index contributed by atoms with van der Waals surface area (Å²) >= 11 is 0. The van der Waals surface area contributed by atoms with E-state index in [2.05, 4.69) is 10.4 Å². The van der Waals surface area contributed by atoms with E-state index in [9.17, 15) is 9.90 Å². The topological polar surface area (TPSA) is 67.1 Å². The number of aryl methyl sites for hydroxylation is 1. The molecule has 0 amide bonds. The third-order valence-electron chi connectivity index (χ3n) is 3.93. The van der Waals surface area contributed by atoms with Gasteiger partial charge in [0.1, 0.15) is 5.54 Å². The summed E-state index contributed by atoms with van der Waals surface area (Å²) in [4.78, 5) is 12.1. The molecule has 1 atom stereocenters. The van der Waals surface area contributed by atoms with Gasteiger partial charge < -0.3 is 5.11 Å². The highest BCUT2D eigenvalue weighted by atomic mass is 16.4. The number of rotatable bonds is 7. The van der Waals surface area contributed by atoms with E-state index in [1.807, 2.05) is 42.6 Å². The van der Waals surface area contributed by atoms with E-state index in [0.29, 0.717) is 19.0 Å². The standard InChI is InChI=1S/C16H19N3O2/c20-15(21)16(18-14-7-8-14,13-5-2-1-3-6-13)9-12-19-11-4-10-17-19/h1-6,10-11,14,18H,7-9,12H2,(H,20,21). The lowest BCUT2D eigenvalue weighted by atomic mass is 9.86. The first-order chi connectivity index (χ1) is 10.2. The highest BCUT2D eigenvalue weighted by Gasteiger charge is 2.43. The number of benzene rings is 1. The SMILES string of the molecule is O=C(O)C(CCn1cccn1)(NC1CC1)c1ccccc1. The van der Waals surface area contributed by atoms with E-state index < -0.39 is 11.5 Å². The quantitative estimate of drug-likeness (QED) is 0.816. The molecule has 3 rings (SSSR count). The molecule has 5 nitrogen and oxygen atoms in total. The predicted octanol–water partition coefficient (Wildman–Crippen LogP) is 2.01. The smallest absolute Gasteiger partial charge is 0.328 e. The Kier molecular flexibility index (Phi) is 3.75. The molecule has 2 aromatic rings. The number of carbonyl (C=O) groups is 1. The molecule has 5 heteroatoms. The zero-order valence-corrected chi connectivity index (χ0v) is 11.8. The van der Waals surface area contributed by atoms with Crippen molar-refractivity contribution < 1.29 is 9.90 Å². The van der Waals surface area contributed by atoms with Gasteiger partial charge in [0.25, 0.3) is 0 Å². The molecule has 1 aromatic carbocycles. The molecule has 110 valence electrons. The molecule has 1 unspecified atom stereocenters. The Balaban J connectivity index is 1.89. The van der Waals surface area contributed by atoms with Crippen molar-refractivity contribution >= 4 is 5.97 Å². The van der Waals surface area contributed by atoms with E-state index in [4.69, 9.17) is 0 Å². The minimum absolute atomic E-state index is 0.305. The number of nitrogens with zero attached hydrogens (tertiary/aromatic N) is 2. The number of nitrogens with one attached hydrogen (secondary N) is 1. The highest BCUT2D eigenvalue weighted by molar-refractivity contribution is 5.81. The van der Waals surface area contributed by atoms with E-state index in [0.717, 1.165) is 18.4 Å². The van der Waals surface area contributed by atoms with Crippen molar-refractivity contribution in [3.63, 3.8) is 0 Å². The molecular weight excluding hydrogens is 266 g/mol. The summed E-state index contributed by atoms with van der Waals surface area (Å²) in [6, 6.07) is 11.6. The Labute approximate surface area is 123 Å². The first kappa shape index (κ1) is 13.8. The number of hydrogen-bond donors (Lipinski definition) is 2. The van der Waals surface area contributed by atoms with Gasteiger partial charge in [0.15, 0.2) is 0 Å². The van der Waals surface area contributed by atoms with Crippen LogP contribution in [0.2, 0.25) is 0 Å². The van der Waals surface area contributed by atoms with Crippen molar-refractivity contribution in [3.8, 4) is 0 Å². The summed E-state index contributed by atoms with van der Waals surface area (Å²) in [5.41, 5.74) is -0.245. The van der Waals surface area contributed by atoms with Gasteiger partial charge in [-0.25, -0.2) is 4.79 Å². The largest absolute Gasteiger partial charge is 0.480 e. The summed E-state index contributed by atoms with van der Waals surface area (Å²) in [6.07, 6.45) is 6.12. The second-order valence-corrected chi connectivity index (χ2v) is 5.51. The lowest BCUT2D eigenvalue weighted by Gasteiger charge is -2.31. The average Bonchev–Trinajstić information content (AvgIpc) is 3.16. The maximum Gasteiger partial charge on any atom is 0.328 e. The van der Waals surface area contributed by atoms with Crippen LogP contribution in [0, 0.1) is 0 Å². The normalized spacial score (nSPS) is 17.3. The van der Waals surface area contributed by atoms with Crippen LogP contribution in [0.3, 0.4) is 0 Å². The van der Waals surface area contributed by atoms with Crippen LogP contribution in [-0.2, 0) is 16.9 Å². The molecular formula is C16H19N3O2. The first-order valence-electron chi connectivity index (χ1n) is 7.25.